The van der Waals surface area contributed by atoms with Crippen molar-refractivity contribution in [3.05, 3.63) is 64.6 Å². The van der Waals surface area contributed by atoms with Gasteiger partial charge >= 0.3 is 5.97 Å². The Morgan fingerprint density at radius 3 is 2.63 bits per heavy atom. The van der Waals surface area contributed by atoms with Crippen molar-refractivity contribution < 1.29 is 14.3 Å². The molecule has 1 aromatic carbocycles. The van der Waals surface area contributed by atoms with Crippen LogP contribution in [0.1, 0.15) is 28.5 Å². The van der Waals surface area contributed by atoms with Crippen LogP contribution in [-0.4, -0.2) is 35.1 Å². The maximum absolute atomic E-state index is 12.0. The minimum Gasteiger partial charge on any atom is -0.495 e. The van der Waals surface area contributed by atoms with Crippen LogP contribution in [0.15, 0.2) is 47.8 Å². The van der Waals surface area contributed by atoms with Gasteiger partial charge in [0, 0.05) is 28.6 Å². The summed E-state index contributed by atoms with van der Waals surface area (Å²) in [4.78, 5) is 25.4. The van der Waals surface area contributed by atoms with Gasteiger partial charge in [0.15, 0.2) is 5.82 Å². The SMILES string of the molecule is COC(=O)c1ccc(OC)c(Nc2nc(-c3cccnc3)nc(C)c2/C=C(\C)Cl)c1. The van der Waals surface area contributed by atoms with Crippen molar-refractivity contribution in [2.24, 2.45) is 0 Å². The third-order valence-electron chi connectivity index (χ3n) is 4.27. The number of carbonyl (C=O) groups is 1. The number of benzene rings is 1. The zero-order chi connectivity index (χ0) is 21.7. The van der Waals surface area contributed by atoms with Gasteiger partial charge in [-0.1, -0.05) is 11.6 Å². The van der Waals surface area contributed by atoms with E-state index in [0.29, 0.717) is 33.7 Å². The lowest BCUT2D eigenvalue weighted by Crippen LogP contribution is -2.06. The van der Waals surface area contributed by atoms with Crippen molar-refractivity contribution >= 4 is 35.2 Å². The number of carbonyl (C=O) groups excluding carboxylic acids is 1. The highest BCUT2D eigenvalue weighted by Crippen LogP contribution is 2.32. The number of esters is 1. The Kier molecular flexibility index (Phi) is 6.64. The largest absolute Gasteiger partial charge is 0.495 e. The van der Waals surface area contributed by atoms with Gasteiger partial charge in [0.1, 0.15) is 11.6 Å². The molecule has 0 aliphatic heterocycles. The topological polar surface area (TPSA) is 86.2 Å². The molecule has 0 spiro atoms. The van der Waals surface area contributed by atoms with E-state index in [2.05, 4.69) is 20.3 Å². The average Bonchev–Trinajstić information content (AvgIpc) is 2.75. The summed E-state index contributed by atoms with van der Waals surface area (Å²) in [5.74, 6) is 1.11. The van der Waals surface area contributed by atoms with Crippen LogP contribution in [0.3, 0.4) is 0 Å². The number of anilines is 2. The molecule has 0 bridgehead atoms. The lowest BCUT2D eigenvalue weighted by atomic mass is 10.1. The summed E-state index contributed by atoms with van der Waals surface area (Å²) in [6.45, 7) is 3.65. The van der Waals surface area contributed by atoms with Crippen molar-refractivity contribution in [3.63, 3.8) is 0 Å². The Bertz CT molecular complexity index is 1100. The van der Waals surface area contributed by atoms with E-state index in [9.17, 15) is 4.79 Å². The van der Waals surface area contributed by atoms with Crippen LogP contribution in [0.5, 0.6) is 5.75 Å². The van der Waals surface area contributed by atoms with E-state index in [0.717, 1.165) is 16.8 Å². The molecule has 154 valence electrons. The number of aromatic nitrogens is 3. The summed E-state index contributed by atoms with van der Waals surface area (Å²) in [5.41, 5.74) is 3.16. The molecule has 2 heterocycles. The molecule has 2 aromatic heterocycles. The number of aryl methyl sites for hydroxylation is 1. The number of pyridine rings is 1. The molecule has 3 rings (SSSR count). The molecule has 0 aliphatic rings. The molecule has 0 aliphatic carbocycles. The van der Waals surface area contributed by atoms with Gasteiger partial charge in [-0.15, -0.1) is 0 Å². The van der Waals surface area contributed by atoms with E-state index in [4.69, 9.17) is 21.1 Å². The predicted molar refractivity (Wildman–Crippen MR) is 117 cm³/mol. The molecule has 30 heavy (non-hydrogen) atoms. The minimum atomic E-state index is -0.452. The summed E-state index contributed by atoms with van der Waals surface area (Å²) in [6.07, 6.45) is 5.16. The third kappa shape index (κ3) is 4.75. The monoisotopic (exact) mass is 424 g/mol. The summed E-state index contributed by atoms with van der Waals surface area (Å²) < 4.78 is 10.3. The van der Waals surface area contributed by atoms with Crippen LogP contribution in [0.2, 0.25) is 0 Å². The van der Waals surface area contributed by atoms with E-state index in [1.54, 1.807) is 50.7 Å². The molecular formula is C22H21ClN4O3. The zero-order valence-corrected chi connectivity index (χ0v) is 17.8. The molecule has 0 amide bonds. The van der Waals surface area contributed by atoms with Crippen molar-refractivity contribution in [1.29, 1.82) is 0 Å². The Hall–Kier alpha value is -3.45. The first-order valence-corrected chi connectivity index (χ1v) is 9.47. The van der Waals surface area contributed by atoms with Crippen LogP contribution >= 0.6 is 11.6 Å². The molecule has 0 atom stereocenters. The van der Waals surface area contributed by atoms with Crippen LogP contribution in [0.25, 0.3) is 17.5 Å². The van der Waals surface area contributed by atoms with Gasteiger partial charge < -0.3 is 14.8 Å². The number of methoxy groups -OCH3 is 2. The number of hydrogen-bond acceptors (Lipinski definition) is 7. The maximum Gasteiger partial charge on any atom is 0.337 e. The molecule has 0 radical (unpaired) electrons. The predicted octanol–water partition coefficient (Wildman–Crippen LogP) is 4.99. The lowest BCUT2D eigenvalue weighted by molar-refractivity contribution is 0.0600. The van der Waals surface area contributed by atoms with Gasteiger partial charge in [-0.25, -0.2) is 14.8 Å². The molecule has 0 unspecified atom stereocenters. The number of nitrogens with one attached hydrogen (secondary N) is 1. The fraction of sp³-hybridized carbons (Fsp3) is 0.182. The highest BCUT2D eigenvalue weighted by molar-refractivity contribution is 6.31. The van der Waals surface area contributed by atoms with Gasteiger partial charge in [0.25, 0.3) is 0 Å². The lowest BCUT2D eigenvalue weighted by Gasteiger charge is -2.16. The van der Waals surface area contributed by atoms with Crippen LogP contribution in [0, 0.1) is 6.92 Å². The quantitative estimate of drug-likeness (QED) is 0.558. The second-order valence-electron chi connectivity index (χ2n) is 6.40. The van der Waals surface area contributed by atoms with Crippen molar-refractivity contribution in [3.8, 4) is 17.1 Å². The summed E-state index contributed by atoms with van der Waals surface area (Å²) >= 11 is 6.14. The first-order chi connectivity index (χ1) is 14.4. The first-order valence-electron chi connectivity index (χ1n) is 9.09. The van der Waals surface area contributed by atoms with E-state index < -0.39 is 5.97 Å². The minimum absolute atomic E-state index is 0.379. The number of hydrogen-bond donors (Lipinski definition) is 1. The smallest absolute Gasteiger partial charge is 0.337 e. The Morgan fingerprint density at radius 1 is 1.20 bits per heavy atom. The van der Waals surface area contributed by atoms with Gasteiger partial charge in [0.05, 0.1) is 31.2 Å². The molecule has 1 N–H and O–H groups in total. The van der Waals surface area contributed by atoms with Gasteiger partial charge in [-0.2, -0.15) is 0 Å². The fourth-order valence-corrected chi connectivity index (χ4v) is 2.96. The number of ether oxygens (including phenoxy) is 2. The Labute approximate surface area is 179 Å². The third-order valence-corrected chi connectivity index (χ3v) is 4.38. The first kappa shape index (κ1) is 21.3. The van der Waals surface area contributed by atoms with Crippen molar-refractivity contribution in [2.45, 2.75) is 13.8 Å². The molecule has 0 saturated heterocycles. The van der Waals surface area contributed by atoms with Crippen LogP contribution in [0.4, 0.5) is 11.5 Å². The molecule has 3 aromatic rings. The molecule has 0 saturated carbocycles. The van der Waals surface area contributed by atoms with Crippen molar-refractivity contribution in [2.75, 3.05) is 19.5 Å². The average molecular weight is 425 g/mol. The van der Waals surface area contributed by atoms with Crippen molar-refractivity contribution in [1.82, 2.24) is 15.0 Å². The molecule has 8 heteroatoms. The van der Waals surface area contributed by atoms with Crippen LogP contribution < -0.4 is 10.1 Å². The molecule has 0 fully saturated rings. The highest BCUT2D eigenvalue weighted by Gasteiger charge is 2.16. The number of nitrogens with zero attached hydrogens (tertiary/aromatic N) is 3. The number of halogens is 1. The van der Waals surface area contributed by atoms with E-state index in [-0.39, 0.29) is 0 Å². The second-order valence-corrected chi connectivity index (χ2v) is 7.00. The normalized spacial score (nSPS) is 11.2. The van der Waals surface area contributed by atoms with E-state index in [1.807, 2.05) is 19.1 Å². The standard InChI is InChI=1S/C22H21ClN4O3/c1-13(23)10-17-14(2)25-20(16-6-5-9-24-12-16)27-21(17)26-18-11-15(22(28)30-4)7-8-19(18)29-3/h5-12H,1-4H3,(H,25,26,27)/b13-10+. The zero-order valence-electron chi connectivity index (χ0n) is 17.1. The molecule has 7 nitrogen and oxygen atoms in total. The number of rotatable bonds is 6. The summed E-state index contributed by atoms with van der Waals surface area (Å²) in [6, 6.07) is 8.67. The summed E-state index contributed by atoms with van der Waals surface area (Å²) in [5, 5.41) is 3.84. The fourth-order valence-electron chi connectivity index (χ4n) is 2.85. The highest BCUT2D eigenvalue weighted by atomic mass is 35.5. The Balaban J connectivity index is 2.15. The maximum atomic E-state index is 12.0. The summed E-state index contributed by atoms with van der Waals surface area (Å²) in [7, 11) is 2.88. The van der Waals surface area contributed by atoms with E-state index in [1.165, 1.54) is 7.11 Å². The van der Waals surface area contributed by atoms with E-state index >= 15 is 0 Å². The van der Waals surface area contributed by atoms with Gasteiger partial charge in [-0.3, -0.25) is 4.98 Å². The molecular weight excluding hydrogens is 404 g/mol. The second kappa shape index (κ2) is 9.37. The van der Waals surface area contributed by atoms with Crippen LogP contribution in [-0.2, 0) is 4.74 Å². The van der Waals surface area contributed by atoms with Gasteiger partial charge in [0.2, 0.25) is 0 Å². The van der Waals surface area contributed by atoms with Gasteiger partial charge in [-0.05, 0) is 50.3 Å². The Morgan fingerprint density at radius 2 is 2.00 bits per heavy atom. The number of allylic oxidation sites excluding steroid dienone is 1.